The van der Waals surface area contributed by atoms with Gasteiger partial charge < -0.3 is 9.88 Å². The van der Waals surface area contributed by atoms with Gasteiger partial charge in [-0.25, -0.2) is 4.79 Å². The number of para-hydroxylation sites is 2. The lowest BCUT2D eigenvalue weighted by molar-refractivity contribution is 0.708. The third-order valence-corrected chi connectivity index (χ3v) is 6.78. The lowest BCUT2D eigenvalue weighted by Crippen LogP contribution is -2.37. The van der Waals surface area contributed by atoms with E-state index >= 15 is 0 Å². The number of benzene rings is 3. The van der Waals surface area contributed by atoms with E-state index in [1.807, 2.05) is 48.5 Å². The van der Waals surface area contributed by atoms with Gasteiger partial charge in [0.2, 0.25) is 0 Å². The summed E-state index contributed by atoms with van der Waals surface area (Å²) in [6, 6.07) is 26.2. The second-order valence-corrected chi connectivity index (χ2v) is 8.87. The van der Waals surface area contributed by atoms with Gasteiger partial charge in [0, 0.05) is 14.1 Å². The quantitative estimate of drug-likeness (QED) is 0.432. The second-order valence-electron chi connectivity index (χ2n) is 8.87. The Morgan fingerprint density at radius 3 is 2.21 bits per heavy atom. The summed E-state index contributed by atoms with van der Waals surface area (Å²) in [5, 5.41) is 4.22. The minimum Gasteiger partial charge on any atom is -0.371 e. The van der Waals surface area contributed by atoms with Gasteiger partial charge >= 0.3 is 5.69 Å². The lowest BCUT2D eigenvalue weighted by atomic mass is 9.98. The van der Waals surface area contributed by atoms with Gasteiger partial charge in [-0.3, -0.25) is 13.9 Å². The Labute approximate surface area is 196 Å². The molecule has 1 aliphatic rings. The highest BCUT2D eigenvalue weighted by molar-refractivity contribution is 5.99. The van der Waals surface area contributed by atoms with E-state index in [2.05, 4.69) is 47.1 Å². The molecular weight excluding hydrogens is 424 g/mol. The monoisotopic (exact) mass is 448 g/mol. The first-order valence-corrected chi connectivity index (χ1v) is 11.3. The maximum Gasteiger partial charge on any atom is 0.331 e. The van der Waals surface area contributed by atoms with Crippen LogP contribution in [0, 0.1) is 6.92 Å². The first kappa shape index (κ1) is 20.3. The molecule has 0 bridgehead atoms. The Morgan fingerprint density at radius 2 is 1.47 bits per heavy atom. The van der Waals surface area contributed by atoms with Gasteiger partial charge in [-0.15, -0.1) is 0 Å². The summed E-state index contributed by atoms with van der Waals surface area (Å²) in [6.45, 7) is 2.06. The molecule has 6 rings (SSSR count). The van der Waals surface area contributed by atoms with Gasteiger partial charge in [0.15, 0.2) is 0 Å². The topological polar surface area (TPSA) is 61.0 Å². The van der Waals surface area contributed by atoms with Crippen molar-refractivity contribution in [3.63, 3.8) is 0 Å². The highest BCUT2D eigenvalue weighted by Crippen LogP contribution is 2.45. The molecule has 0 spiro atoms. The third-order valence-electron chi connectivity index (χ3n) is 6.78. The van der Waals surface area contributed by atoms with Crippen LogP contribution >= 0.6 is 0 Å². The summed E-state index contributed by atoms with van der Waals surface area (Å²) in [7, 11) is 3.28. The van der Waals surface area contributed by atoms with E-state index in [1.165, 1.54) is 10.1 Å². The maximum atomic E-state index is 13.6. The molecule has 0 aliphatic carbocycles. The van der Waals surface area contributed by atoms with E-state index in [0.29, 0.717) is 10.9 Å². The molecule has 168 valence electrons. The molecule has 3 heterocycles. The van der Waals surface area contributed by atoms with Gasteiger partial charge in [-0.2, -0.15) is 0 Å². The van der Waals surface area contributed by atoms with Crippen LogP contribution in [0.2, 0.25) is 0 Å². The Balaban J connectivity index is 1.86. The van der Waals surface area contributed by atoms with Crippen LogP contribution in [0.3, 0.4) is 0 Å². The van der Waals surface area contributed by atoms with E-state index in [1.54, 1.807) is 18.7 Å². The number of hydrogen-bond donors (Lipinski definition) is 1. The van der Waals surface area contributed by atoms with E-state index in [-0.39, 0.29) is 17.3 Å². The molecule has 1 aliphatic heterocycles. The number of fused-ring (bicyclic) bond motifs is 5. The summed E-state index contributed by atoms with van der Waals surface area (Å²) in [6.07, 6.45) is 0. The Hall–Kier alpha value is -4.32. The zero-order valence-corrected chi connectivity index (χ0v) is 19.2. The van der Waals surface area contributed by atoms with Crippen LogP contribution in [0.1, 0.15) is 22.9 Å². The van der Waals surface area contributed by atoms with Gasteiger partial charge in [0.05, 0.1) is 39.7 Å². The van der Waals surface area contributed by atoms with Crippen molar-refractivity contribution in [2.45, 2.75) is 13.0 Å². The number of hydrogen-bond acceptors (Lipinski definition) is 3. The van der Waals surface area contributed by atoms with Crippen LogP contribution < -0.4 is 16.6 Å². The molecule has 2 aromatic heterocycles. The van der Waals surface area contributed by atoms with Crippen LogP contribution in [-0.4, -0.2) is 13.7 Å². The second kappa shape index (κ2) is 7.35. The average molecular weight is 449 g/mol. The summed E-state index contributed by atoms with van der Waals surface area (Å²) in [5.41, 5.74) is 6.78. The van der Waals surface area contributed by atoms with E-state index in [9.17, 15) is 9.59 Å². The molecule has 0 fully saturated rings. The van der Waals surface area contributed by atoms with Gasteiger partial charge in [-0.1, -0.05) is 72.3 Å². The fourth-order valence-corrected chi connectivity index (χ4v) is 5.10. The number of anilines is 1. The fraction of sp³-hybridized carbons (Fsp3) is 0.143. The van der Waals surface area contributed by atoms with E-state index in [4.69, 9.17) is 0 Å². The summed E-state index contributed by atoms with van der Waals surface area (Å²) < 4.78 is 4.96. The van der Waals surface area contributed by atoms with Crippen molar-refractivity contribution in [2.24, 2.45) is 14.1 Å². The first-order chi connectivity index (χ1) is 16.5. The fourth-order valence-electron chi connectivity index (χ4n) is 5.10. The van der Waals surface area contributed by atoms with Gasteiger partial charge in [0.25, 0.3) is 5.56 Å². The molecule has 6 heteroatoms. The highest BCUT2D eigenvalue weighted by Gasteiger charge is 2.34. The van der Waals surface area contributed by atoms with Crippen molar-refractivity contribution >= 4 is 16.6 Å². The largest absolute Gasteiger partial charge is 0.371 e. The number of nitrogens with one attached hydrogen (secondary N) is 1. The average Bonchev–Trinajstić information content (AvgIpc) is 3.23. The summed E-state index contributed by atoms with van der Waals surface area (Å²) in [4.78, 5) is 26.7. The van der Waals surface area contributed by atoms with Gasteiger partial charge in [-0.05, 0) is 30.2 Å². The molecule has 0 amide bonds. The van der Waals surface area contributed by atoms with E-state index in [0.717, 1.165) is 33.9 Å². The molecule has 0 saturated carbocycles. The van der Waals surface area contributed by atoms with Crippen LogP contribution in [-0.2, 0) is 14.1 Å². The minimum absolute atomic E-state index is 0.242. The van der Waals surface area contributed by atoms with E-state index < -0.39 is 0 Å². The van der Waals surface area contributed by atoms with Crippen LogP contribution in [0.25, 0.3) is 27.8 Å². The van der Waals surface area contributed by atoms with Crippen molar-refractivity contribution < 1.29 is 0 Å². The normalized spacial score (nSPS) is 14.5. The van der Waals surface area contributed by atoms with Crippen LogP contribution in [0.15, 0.2) is 88.5 Å². The molecule has 5 aromatic rings. The molecule has 6 nitrogen and oxygen atoms in total. The molecule has 1 N–H and O–H groups in total. The molecule has 0 unspecified atom stereocenters. The van der Waals surface area contributed by atoms with Crippen molar-refractivity contribution in [3.05, 3.63) is 117 Å². The van der Waals surface area contributed by atoms with Crippen molar-refractivity contribution in [1.29, 1.82) is 0 Å². The van der Waals surface area contributed by atoms with Gasteiger partial charge in [0.1, 0.15) is 0 Å². The Kier molecular flexibility index (Phi) is 4.39. The number of rotatable bonds is 2. The molecular formula is C28H24N4O2. The molecule has 3 aromatic carbocycles. The molecule has 0 saturated heterocycles. The number of aromatic nitrogens is 3. The SMILES string of the molecule is Cc1ccc([C@@H]2Nc3ccccc3-n3c(-c4ccccc4)c4c(=O)n(C)c(=O)n(C)c4c32)cc1. The van der Waals surface area contributed by atoms with Crippen molar-refractivity contribution in [3.8, 4) is 16.9 Å². The predicted molar refractivity (Wildman–Crippen MR) is 136 cm³/mol. The maximum absolute atomic E-state index is 13.6. The first-order valence-electron chi connectivity index (χ1n) is 11.3. The van der Waals surface area contributed by atoms with Crippen LogP contribution in [0.5, 0.6) is 0 Å². The van der Waals surface area contributed by atoms with Crippen molar-refractivity contribution in [1.82, 2.24) is 13.7 Å². The zero-order chi connectivity index (χ0) is 23.6. The zero-order valence-electron chi connectivity index (χ0n) is 19.2. The summed E-state index contributed by atoms with van der Waals surface area (Å²) in [5.74, 6) is 0. The Bertz CT molecular complexity index is 1690. The Morgan fingerprint density at radius 1 is 0.794 bits per heavy atom. The number of aryl methyl sites for hydroxylation is 2. The summed E-state index contributed by atoms with van der Waals surface area (Å²) >= 11 is 0. The smallest absolute Gasteiger partial charge is 0.331 e. The minimum atomic E-state index is -0.341. The van der Waals surface area contributed by atoms with Crippen molar-refractivity contribution in [2.75, 3.05) is 5.32 Å². The lowest BCUT2D eigenvalue weighted by Gasteiger charge is -2.31. The highest BCUT2D eigenvalue weighted by atomic mass is 16.2. The van der Waals surface area contributed by atoms with Crippen LogP contribution in [0.4, 0.5) is 5.69 Å². The third kappa shape index (κ3) is 2.75. The molecule has 0 radical (unpaired) electrons. The molecule has 1 atom stereocenters. The molecule has 34 heavy (non-hydrogen) atoms. The number of nitrogens with zero attached hydrogens (tertiary/aromatic N) is 3. The predicted octanol–water partition coefficient (Wildman–Crippen LogP) is 4.52. The standard InChI is InChI=1S/C28H24N4O2/c1-17-13-15-18(16-14-17)23-26-25-22(27(33)31(3)28(34)30(25)2)24(19-9-5-4-6-10-19)32(26)21-12-8-7-11-20(21)29-23/h4-16,23,29H,1-3H3/t23-/m0/s1.